The minimum atomic E-state index is -4.80. The van der Waals surface area contributed by atoms with E-state index in [0.29, 0.717) is 6.92 Å². The summed E-state index contributed by atoms with van der Waals surface area (Å²) in [7, 11) is 0. The van der Waals surface area contributed by atoms with E-state index in [1.54, 1.807) is 0 Å². The van der Waals surface area contributed by atoms with Gasteiger partial charge in [0.05, 0.1) is 0 Å². The summed E-state index contributed by atoms with van der Waals surface area (Å²) in [5.41, 5.74) is 1.94. The van der Waals surface area contributed by atoms with E-state index in [0.717, 1.165) is 6.07 Å². The Bertz CT molecular complexity index is 415. The molecule has 2 nitrogen and oxygen atoms in total. The average Bonchev–Trinajstić information content (AvgIpc) is 2.14. The number of carbonyl (C=O) groups excluding carboxylic acids is 1. The zero-order chi connectivity index (χ0) is 12.6. The number of carbonyl (C=O) groups is 1. The highest BCUT2D eigenvalue weighted by Crippen LogP contribution is 2.31. The molecule has 0 aliphatic carbocycles. The molecule has 0 aromatic heterocycles. The van der Waals surface area contributed by atoms with Gasteiger partial charge in [-0.15, -0.1) is 0 Å². The number of hydrogen-bond acceptors (Lipinski definition) is 2. The smallest absolute Gasteiger partial charge is 0.311 e. The number of alkyl halides is 3. The van der Waals surface area contributed by atoms with Crippen molar-refractivity contribution in [3.63, 3.8) is 0 Å². The van der Waals surface area contributed by atoms with Crippen molar-refractivity contribution in [3.8, 4) is 0 Å². The van der Waals surface area contributed by atoms with Crippen molar-refractivity contribution in [2.75, 3.05) is 0 Å². The van der Waals surface area contributed by atoms with Crippen LogP contribution in [0.25, 0.3) is 0 Å². The summed E-state index contributed by atoms with van der Waals surface area (Å²) in [5.74, 6) is -1.21. The van der Waals surface area contributed by atoms with Gasteiger partial charge in [0.1, 0.15) is 0 Å². The van der Waals surface area contributed by atoms with Crippen LogP contribution in [-0.4, -0.2) is 17.5 Å². The topological polar surface area (TPSA) is 43.1 Å². The van der Waals surface area contributed by atoms with Crippen LogP contribution in [0.5, 0.6) is 0 Å². The first-order valence-corrected chi connectivity index (χ1v) is 4.70. The fourth-order valence-electron chi connectivity index (χ4n) is 1.06. The lowest BCUT2D eigenvalue weighted by Gasteiger charge is -2.25. The summed E-state index contributed by atoms with van der Waals surface area (Å²) in [4.78, 5) is 11.6. The van der Waals surface area contributed by atoms with Crippen LogP contribution >= 0.6 is 11.6 Å². The van der Waals surface area contributed by atoms with E-state index in [4.69, 9.17) is 17.3 Å². The Morgan fingerprint density at radius 1 is 1.38 bits per heavy atom. The molecule has 2 N–H and O–H groups in total. The lowest BCUT2D eigenvalue weighted by Crippen LogP contribution is -2.57. The minimum absolute atomic E-state index is 0.158. The first-order chi connectivity index (χ1) is 7.16. The summed E-state index contributed by atoms with van der Waals surface area (Å²) >= 11 is 5.58. The van der Waals surface area contributed by atoms with Crippen LogP contribution in [0.1, 0.15) is 17.3 Å². The maximum Gasteiger partial charge on any atom is 0.413 e. The molecule has 1 unspecified atom stereocenters. The van der Waals surface area contributed by atoms with Gasteiger partial charge in [-0.1, -0.05) is 23.7 Å². The first-order valence-electron chi connectivity index (χ1n) is 4.32. The Morgan fingerprint density at radius 3 is 2.38 bits per heavy atom. The van der Waals surface area contributed by atoms with Crippen molar-refractivity contribution in [1.29, 1.82) is 0 Å². The molecule has 6 heteroatoms. The molecular formula is C10H9ClF3NO. The minimum Gasteiger partial charge on any atom is -0.311 e. The van der Waals surface area contributed by atoms with Crippen LogP contribution in [0, 0.1) is 0 Å². The normalized spacial score (nSPS) is 15.6. The predicted octanol–water partition coefficient (Wildman–Crippen LogP) is 2.80. The molecule has 0 bridgehead atoms. The van der Waals surface area contributed by atoms with Crippen molar-refractivity contribution in [2.45, 2.75) is 18.6 Å². The van der Waals surface area contributed by atoms with Crippen LogP contribution in [-0.2, 0) is 0 Å². The van der Waals surface area contributed by atoms with Crippen LogP contribution < -0.4 is 5.73 Å². The fraction of sp³-hybridized carbons (Fsp3) is 0.300. The predicted molar refractivity (Wildman–Crippen MR) is 54.4 cm³/mol. The third kappa shape index (κ3) is 2.36. The van der Waals surface area contributed by atoms with E-state index in [1.807, 2.05) is 0 Å². The number of hydrogen-bond donors (Lipinski definition) is 1. The quantitative estimate of drug-likeness (QED) is 0.822. The Morgan fingerprint density at radius 2 is 1.94 bits per heavy atom. The molecule has 16 heavy (non-hydrogen) atoms. The van der Waals surface area contributed by atoms with E-state index in [9.17, 15) is 18.0 Å². The molecule has 0 radical (unpaired) electrons. The van der Waals surface area contributed by atoms with E-state index >= 15 is 0 Å². The van der Waals surface area contributed by atoms with Gasteiger partial charge >= 0.3 is 6.18 Å². The lowest BCUT2D eigenvalue weighted by molar-refractivity contribution is -0.165. The maximum atomic E-state index is 12.5. The van der Waals surface area contributed by atoms with Gasteiger partial charge in [0, 0.05) is 10.6 Å². The zero-order valence-corrected chi connectivity index (χ0v) is 9.06. The largest absolute Gasteiger partial charge is 0.413 e. The summed E-state index contributed by atoms with van der Waals surface area (Å²) in [6, 6.07) is 5.24. The summed E-state index contributed by atoms with van der Waals surface area (Å²) in [6.45, 7) is 0.635. The summed E-state index contributed by atoms with van der Waals surface area (Å²) < 4.78 is 37.5. The third-order valence-electron chi connectivity index (χ3n) is 2.15. The van der Waals surface area contributed by atoms with E-state index in [-0.39, 0.29) is 10.6 Å². The molecular weight excluding hydrogens is 243 g/mol. The Hall–Kier alpha value is -1.07. The van der Waals surface area contributed by atoms with E-state index in [1.165, 1.54) is 18.2 Å². The Kier molecular flexibility index (Phi) is 3.30. The SMILES string of the molecule is CC(N)(C(=O)c1cccc(Cl)c1)C(F)(F)F. The van der Waals surface area contributed by atoms with Gasteiger partial charge < -0.3 is 5.73 Å². The highest BCUT2D eigenvalue weighted by molar-refractivity contribution is 6.31. The number of Topliss-reactive ketones (excluding diaryl/α,β-unsaturated/α-hetero) is 1. The van der Waals surface area contributed by atoms with E-state index < -0.39 is 17.5 Å². The summed E-state index contributed by atoms with van der Waals surface area (Å²) in [5, 5.41) is 0.184. The maximum absolute atomic E-state index is 12.5. The molecule has 1 atom stereocenters. The van der Waals surface area contributed by atoms with Crippen LogP contribution in [0.2, 0.25) is 5.02 Å². The van der Waals surface area contributed by atoms with Gasteiger partial charge in [-0.2, -0.15) is 13.2 Å². The molecule has 1 aromatic rings. The monoisotopic (exact) mass is 251 g/mol. The number of benzene rings is 1. The van der Waals surface area contributed by atoms with Gasteiger partial charge in [0.2, 0.25) is 0 Å². The number of rotatable bonds is 2. The van der Waals surface area contributed by atoms with Gasteiger partial charge in [-0.25, -0.2) is 0 Å². The van der Waals surface area contributed by atoms with Crippen LogP contribution in [0.15, 0.2) is 24.3 Å². The van der Waals surface area contributed by atoms with Gasteiger partial charge in [-0.05, 0) is 19.1 Å². The average molecular weight is 252 g/mol. The highest BCUT2D eigenvalue weighted by Gasteiger charge is 2.53. The number of halogens is 4. The molecule has 0 spiro atoms. The zero-order valence-electron chi connectivity index (χ0n) is 8.31. The highest BCUT2D eigenvalue weighted by atomic mass is 35.5. The molecule has 1 aromatic carbocycles. The molecule has 0 aliphatic heterocycles. The van der Waals surface area contributed by atoms with Crippen molar-refractivity contribution in [3.05, 3.63) is 34.9 Å². The third-order valence-corrected chi connectivity index (χ3v) is 2.38. The molecule has 0 fully saturated rings. The van der Waals surface area contributed by atoms with Gasteiger partial charge in [0.25, 0.3) is 0 Å². The van der Waals surface area contributed by atoms with Gasteiger partial charge in [0.15, 0.2) is 11.3 Å². The second-order valence-electron chi connectivity index (χ2n) is 3.54. The van der Waals surface area contributed by atoms with Crippen molar-refractivity contribution in [1.82, 2.24) is 0 Å². The van der Waals surface area contributed by atoms with Crippen molar-refractivity contribution < 1.29 is 18.0 Å². The second kappa shape index (κ2) is 4.07. The second-order valence-corrected chi connectivity index (χ2v) is 3.98. The number of ketones is 1. The molecule has 0 heterocycles. The van der Waals surface area contributed by atoms with E-state index in [2.05, 4.69) is 0 Å². The van der Waals surface area contributed by atoms with Gasteiger partial charge in [-0.3, -0.25) is 4.79 Å². The number of nitrogens with two attached hydrogens (primary N) is 1. The van der Waals surface area contributed by atoms with Crippen molar-refractivity contribution >= 4 is 17.4 Å². The first kappa shape index (κ1) is 13.0. The van der Waals surface area contributed by atoms with Crippen LogP contribution in [0.4, 0.5) is 13.2 Å². The Labute approximate surface area is 95.2 Å². The van der Waals surface area contributed by atoms with Crippen LogP contribution in [0.3, 0.4) is 0 Å². The standard InChI is InChI=1S/C10H9ClF3NO/c1-9(15,10(12,13)14)8(16)6-3-2-4-7(11)5-6/h2-5H,15H2,1H3. The molecule has 1 rings (SSSR count). The molecule has 0 amide bonds. The fourth-order valence-corrected chi connectivity index (χ4v) is 1.25. The molecule has 0 saturated heterocycles. The van der Waals surface area contributed by atoms with Crippen molar-refractivity contribution in [2.24, 2.45) is 5.73 Å². The summed E-state index contributed by atoms with van der Waals surface area (Å²) in [6.07, 6.45) is -4.80. The molecule has 88 valence electrons. The molecule has 0 aliphatic rings. The Balaban J connectivity index is 3.12. The molecule has 0 saturated carbocycles. The lowest BCUT2D eigenvalue weighted by atomic mass is 9.92.